The second-order valence-corrected chi connectivity index (χ2v) is 2.67. The summed E-state index contributed by atoms with van der Waals surface area (Å²) in [5, 5.41) is 0. The topological polar surface area (TPSA) is 20.9 Å². The Morgan fingerprint density at radius 3 is 2.55 bits per heavy atom. The number of hydrogen-bond acceptors (Lipinski definition) is 1. The molecule has 0 atom stereocenters. The Kier molecular flexibility index (Phi) is 2.03. The lowest BCUT2D eigenvalue weighted by Crippen LogP contribution is -2.38. The Morgan fingerprint density at radius 2 is 2.09 bits per heavy atom. The molecule has 0 aromatic carbocycles. The third kappa shape index (κ3) is 1.45. The Morgan fingerprint density at radius 1 is 1.45 bits per heavy atom. The van der Waals surface area contributed by atoms with E-state index in [0.717, 1.165) is 11.4 Å². The largest absolute Gasteiger partial charge is 0.288 e. The predicted molar refractivity (Wildman–Crippen MR) is 42.4 cm³/mol. The van der Waals surface area contributed by atoms with Crippen molar-refractivity contribution in [2.75, 3.05) is 0 Å². The lowest BCUT2D eigenvalue weighted by atomic mass is 10.2. The van der Waals surface area contributed by atoms with Crippen LogP contribution in [0.4, 0.5) is 0 Å². The van der Waals surface area contributed by atoms with Gasteiger partial charge in [0, 0.05) is 26.0 Å². The van der Waals surface area contributed by atoms with Crippen LogP contribution in [0.1, 0.15) is 23.1 Å². The molecule has 1 aromatic heterocycles. The first-order chi connectivity index (χ1) is 5.13. The summed E-state index contributed by atoms with van der Waals surface area (Å²) in [6.45, 7) is 3.56. The summed E-state index contributed by atoms with van der Waals surface area (Å²) >= 11 is 0. The van der Waals surface area contributed by atoms with Crippen molar-refractivity contribution in [3.05, 3.63) is 29.6 Å². The average molecular weight is 150 g/mol. The van der Waals surface area contributed by atoms with Gasteiger partial charge >= 0.3 is 0 Å². The highest BCUT2D eigenvalue weighted by atomic mass is 16.1. The average Bonchev–Trinajstić information content (AvgIpc) is 1.94. The van der Waals surface area contributed by atoms with E-state index in [-0.39, 0.29) is 5.78 Å². The molecule has 0 aliphatic rings. The minimum atomic E-state index is 0.108. The molecule has 1 rings (SSSR count). The molecule has 0 saturated heterocycles. The van der Waals surface area contributed by atoms with E-state index in [1.54, 1.807) is 6.92 Å². The number of nitrogens with zero attached hydrogens (tertiary/aromatic N) is 1. The van der Waals surface area contributed by atoms with Gasteiger partial charge in [0.25, 0.3) is 0 Å². The molecule has 0 saturated carbocycles. The van der Waals surface area contributed by atoms with Crippen LogP contribution in [0.5, 0.6) is 0 Å². The number of hydrogen-bond donors (Lipinski definition) is 0. The number of carbonyl (C=O) groups excluding carboxylic acids is 1. The van der Waals surface area contributed by atoms with Gasteiger partial charge in [-0.2, -0.15) is 4.57 Å². The molecule has 2 nitrogen and oxygen atoms in total. The molecule has 11 heavy (non-hydrogen) atoms. The third-order valence-corrected chi connectivity index (χ3v) is 1.84. The molecule has 0 aliphatic heterocycles. The molecule has 1 heterocycles. The number of carbonyl (C=O) groups is 1. The summed E-state index contributed by atoms with van der Waals surface area (Å²) in [7, 11) is 1.89. The quantitative estimate of drug-likeness (QED) is 0.432. The highest BCUT2D eigenvalue weighted by Crippen LogP contribution is 1.95. The number of pyridine rings is 1. The van der Waals surface area contributed by atoms with Crippen molar-refractivity contribution < 1.29 is 9.36 Å². The van der Waals surface area contributed by atoms with Crippen molar-refractivity contribution >= 4 is 5.78 Å². The Labute approximate surface area is 66.5 Å². The molecule has 1 aromatic rings. The van der Waals surface area contributed by atoms with Crippen LogP contribution in [-0.2, 0) is 7.05 Å². The number of aromatic nitrogens is 1. The van der Waals surface area contributed by atoms with E-state index < -0.39 is 0 Å². The van der Waals surface area contributed by atoms with E-state index in [1.807, 2.05) is 36.7 Å². The minimum Gasteiger partial charge on any atom is -0.288 e. The number of ketones is 1. The molecule has 2 heteroatoms. The van der Waals surface area contributed by atoms with E-state index in [9.17, 15) is 4.79 Å². The van der Waals surface area contributed by atoms with Crippen LogP contribution in [0.3, 0.4) is 0 Å². The van der Waals surface area contributed by atoms with Crippen molar-refractivity contribution in [1.82, 2.24) is 0 Å². The van der Waals surface area contributed by atoms with Crippen LogP contribution in [0.15, 0.2) is 18.2 Å². The van der Waals surface area contributed by atoms with Gasteiger partial charge in [0.05, 0.1) is 0 Å². The zero-order valence-corrected chi connectivity index (χ0v) is 7.09. The van der Waals surface area contributed by atoms with Crippen molar-refractivity contribution in [3.63, 3.8) is 0 Å². The second kappa shape index (κ2) is 2.82. The normalized spacial score (nSPS) is 9.73. The third-order valence-electron chi connectivity index (χ3n) is 1.84. The molecule has 0 unspecified atom stereocenters. The van der Waals surface area contributed by atoms with E-state index >= 15 is 0 Å². The smallest absolute Gasteiger partial charge is 0.248 e. The molecule has 0 N–H and O–H groups in total. The first-order valence-electron chi connectivity index (χ1n) is 3.59. The zero-order chi connectivity index (χ0) is 8.43. The Bertz CT molecular complexity index is 292. The molecule has 58 valence electrons. The molecule has 0 spiro atoms. The first-order valence-corrected chi connectivity index (χ1v) is 3.59. The summed E-state index contributed by atoms with van der Waals surface area (Å²) in [4.78, 5) is 11.0. The van der Waals surface area contributed by atoms with Gasteiger partial charge in [-0.1, -0.05) is 0 Å². The summed E-state index contributed by atoms with van der Waals surface area (Å²) in [6, 6.07) is 5.70. The molecule has 0 aliphatic carbocycles. The van der Waals surface area contributed by atoms with E-state index in [2.05, 4.69) is 0 Å². The van der Waals surface area contributed by atoms with Gasteiger partial charge in [-0.05, 0) is 6.07 Å². The maximum atomic E-state index is 11.0. The molecule has 0 radical (unpaired) electrons. The number of aryl methyl sites for hydroxylation is 1. The molecule has 0 bridgehead atoms. The van der Waals surface area contributed by atoms with Crippen molar-refractivity contribution in [3.8, 4) is 0 Å². The van der Waals surface area contributed by atoms with Crippen LogP contribution in [0, 0.1) is 6.92 Å². The molecular weight excluding hydrogens is 138 g/mol. The predicted octanol–water partition coefficient (Wildman–Crippen LogP) is 1.02. The van der Waals surface area contributed by atoms with Crippen molar-refractivity contribution in [2.45, 2.75) is 13.8 Å². The van der Waals surface area contributed by atoms with Crippen LogP contribution in [-0.4, -0.2) is 5.78 Å². The van der Waals surface area contributed by atoms with Gasteiger partial charge in [-0.15, -0.1) is 0 Å². The van der Waals surface area contributed by atoms with Crippen LogP contribution in [0.25, 0.3) is 0 Å². The van der Waals surface area contributed by atoms with E-state index in [4.69, 9.17) is 0 Å². The second-order valence-electron chi connectivity index (χ2n) is 2.67. The highest BCUT2D eigenvalue weighted by Gasteiger charge is 2.11. The lowest BCUT2D eigenvalue weighted by molar-refractivity contribution is -0.679. The molecular formula is C9H12NO+. The van der Waals surface area contributed by atoms with Gasteiger partial charge in [0.2, 0.25) is 11.5 Å². The van der Waals surface area contributed by atoms with Gasteiger partial charge < -0.3 is 0 Å². The SMILES string of the molecule is CC(=O)c1cccc(C)[n+]1C. The molecule has 0 amide bonds. The standard InChI is InChI=1S/C9H12NO/c1-7-5-4-6-9(8(2)11)10(7)3/h4-6H,1-3H3/q+1. The van der Waals surface area contributed by atoms with Crippen LogP contribution < -0.4 is 4.57 Å². The Hall–Kier alpha value is -1.18. The van der Waals surface area contributed by atoms with Gasteiger partial charge in [-0.3, -0.25) is 4.79 Å². The van der Waals surface area contributed by atoms with Gasteiger partial charge in [-0.25, -0.2) is 0 Å². The number of rotatable bonds is 1. The summed E-state index contributed by atoms with van der Waals surface area (Å²) in [5.41, 5.74) is 1.85. The van der Waals surface area contributed by atoms with Crippen molar-refractivity contribution in [1.29, 1.82) is 0 Å². The van der Waals surface area contributed by atoms with Crippen molar-refractivity contribution in [2.24, 2.45) is 7.05 Å². The van der Waals surface area contributed by atoms with Crippen LogP contribution >= 0.6 is 0 Å². The summed E-state index contributed by atoms with van der Waals surface area (Å²) in [5.74, 6) is 0.108. The van der Waals surface area contributed by atoms with Gasteiger partial charge in [0.15, 0.2) is 5.69 Å². The maximum Gasteiger partial charge on any atom is 0.248 e. The lowest BCUT2D eigenvalue weighted by Gasteiger charge is -1.96. The number of Topliss-reactive ketones (excluding diaryl/α,β-unsaturated/α-hetero) is 1. The summed E-state index contributed by atoms with van der Waals surface area (Å²) < 4.78 is 1.89. The minimum absolute atomic E-state index is 0.108. The fraction of sp³-hybridized carbons (Fsp3) is 0.333. The van der Waals surface area contributed by atoms with Gasteiger partial charge in [0.1, 0.15) is 7.05 Å². The highest BCUT2D eigenvalue weighted by molar-refractivity contribution is 5.90. The monoisotopic (exact) mass is 150 g/mol. The zero-order valence-electron chi connectivity index (χ0n) is 7.09. The fourth-order valence-corrected chi connectivity index (χ4v) is 1.05. The van der Waals surface area contributed by atoms with E-state index in [1.165, 1.54) is 0 Å². The van der Waals surface area contributed by atoms with E-state index in [0.29, 0.717) is 0 Å². The first kappa shape index (κ1) is 7.92. The fourth-order valence-electron chi connectivity index (χ4n) is 1.05. The van der Waals surface area contributed by atoms with Crippen LogP contribution in [0.2, 0.25) is 0 Å². The molecule has 0 fully saturated rings. The summed E-state index contributed by atoms with van der Waals surface area (Å²) in [6.07, 6.45) is 0. The maximum absolute atomic E-state index is 11.0. The Balaban J connectivity index is 3.27.